The van der Waals surface area contributed by atoms with Gasteiger partial charge in [-0.3, -0.25) is 0 Å². The summed E-state index contributed by atoms with van der Waals surface area (Å²) in [4.78, 5) is 1.56. The number of rotatable bonds is 3. The summed E-state index contributed by atoms with van der Waals surface area (Å²) in [6, 6.07) is 0. The first-order chi connectivity index (χ1) is 9.40. The summed E-state index contributed by atoms with van der Waals surface area (Å²) >= 11 is 1.95. The minimum atomic E-state index is 0.750. The zero-order chi connectivity index (χ0) is 16.6. The van der Waals surface area contributed by atoms with Gasteiger partial charge in [0, 0.05) is 10.6 Å². The zero-order valence-corrected chi connectivity index (χ0v) is 16.7. The molecule has 0 spiro atoms. The molecule has 0 aromatic carbocycles. The monoisotopic (exact) mass is 303 g/mol. The minimum absolute atomic E-state index is 0.750. The Labute approximate surface area is 134 Å². The molecule has 0 bridgehead atoms. The van der Waals surface area contributed by atoms with Gasteiger partial charge in [0.1, 0.15) is 0 Å². The molecule has 124 valence electrons. The molecule has 1 aliphatic rings. The Morgan fingerprint density at radius 3 is 1.60 bits per heavy atom. The highest BCUT2D eigenvalue weighted by atomic mass is 32.2. The second kappa shape index (κ2) is 18.9. The molecule has 0 saturated carbocycles. The van der Waals surface area contributed by atoms with Gasteiger partial charge in [-0.2, -0.15) is 0 Å². The van der Waals surface area contributed by atoms with Gasteiger partial charge in [0.2, 0.25) is 0 Å². The van der Waals surface area contributed by atoms with Crippen molar-refractivity contribution >= 4 is 11.8 Å². The molecule has 0 amide bonds. The van der Waals surface area contributed by atoms with Crippen LogP contribution >= 0.6 is 11.8 Å². The molecule has 2 heteroatoms. The molecule has 1 heterocycles. The molecular weight excluding hydrogens is 262 g/mol. The maximum Gasteiger partial charge on any atom is 0.0651 e. The molecule has 20 heavy (non-hydrogen) atoms. The van der Waals surface area contributed by atoms with E-state index in [1.54, 1.807) is 4.91 Å². The van der Waals surface area contributed by atoms with Crippen molar-refractivity contribution in [2.45, 2.75) is 88.5 Å². The molecule has 1 unspecified atom stereocenters. The first-order valence-electron chi connectivity index (χ1n) is 8.47. The van der Waals surface area contributed by atoms with Crippen molar-refractivity contribution in [3.8, 4) is 0 Å². The Balaban J connectivity index is -0.000000243. The number of thioether (sulfide) groups is 1. The summed E-state index contributed by atoms with van der Waals surface area (Å²) in [5.41, 5.74) is 1.39. The van der Waals surface area contributed by atoms with Gasteiger partial charge >= 0.3 is 0 Å². The van der Waals surface area contributed by atoms with Crippen LogP contribution in [-0.4, -0.2) is 5.88 Å². The van der Waals surface area contributed by atoms with Crippen LogP contribution in [0.5, 0.6) is 0 Å². The van der Waals surface area contributed by atoms with E-state index in [1.807, 2.05) is 25.6 Å². The normalized spacial score (nSPS) is 14.2. The summed E-state index contributed by atoms with van der Waals surface area (Å²) < 4.78 is 0. The van der Waals surface area contributed by atoms with Gasteiger partial charge in [0.25, 0.3) is 0 Å². The predicted molar refractivity (Wildman–Crippen MR) is 100 cm³/mol. The maximum atomic E-state index is 3.33. The predicted octanol–water partition coefficient (Wildman–Crippen LogP) is 7.05. The maximum absolute atomic E-state index is 3.33. The lowest BCUT2D eigenvalue weighted by Gasteiger charge is -2.08. The van der Waals surface area contributed by atoms with Gasteiger partial charge < -0.3 is 5.32 Å². The standard InChI is InChI=1S/C8H15NS.2C4H10.C2H6/c1-4-6(2)8-7(3)9-5-10-8;1-4(2)3;1-3-4-2;1-2/h6,9H,4-5H2,1-3H3;4H,1-3H3;3-4H2,1-2H3;1-2H3. The molecule has 1 N–H and O–H groups in total. The molecule has 1 aliphatic heterocycles. The van der Waals surface area contributed by atoms with Gasteiger partial charge in [0.15, 0.2) is 0 Å². The summed E-state index contributed by atoms with van der Waals surface area (Å²) in [5, 5.41) is 3.33. The first-order valence-corrected chi connectivity index (χ1v) is 9.46. The van der Waals surface area contributed by atoms with Crippen molar-refractivity contribution in [2.75, 3.05) is 5.88 Å². The Hall–Kier alpha value is -0.110. The molecule has 0 aromatic rings. The van der Waals surface area contributed by atoms with Gasteiger partial charge in [-0.25, -0.2) is 0 Å². The van der Waals surface area contributed by atoms with E-state index in [4.69, 9.17) is 0 Å². The zero-order valence-electron chi connectivity index (χ0n) is 15.9. The highest BCUT2D eigenvalue weighted by Crippen LogP contribution is 2.32. The van der Waals surface area contributed by atoms with Crippen LogP contribution in [0.25, 0.3) is 0 Å². The summed E-state index contributed by atoms with van der Waals surface area (Å²) in [6.45, 7) is 21.6. The quantitative estimate of drug-likeness (QED) is 0.599. The summed E-state index contributed by atoms with van der Waals surface area (Å²) in [5.74, 6) is 2.66. The first kappa shape index (κ1) is 24.9. The third-order valence-corrected chi connectivity index (χ3v) is 3.80. The lowest BCUT2D eigenvalue weighted by Crippen LogP contribution is -2.03. The van der Waals surface area contributed by atoms with Gasteiger partial charge in [-0.1, -0.05) is 75.2 Å². The van der Waals surface area contributed by atoms with E-state index in [0.29, 0.717) is 0 Å². The fourth-order valence-corrected chi connectivity index (χ4v) is 2.30. The fraction of sp³-hybridized carbons (Fsp3) is 0.889. The molecule has 0 saturated heterocycles. The van der Waals surface area contributed by atoms with E-state index in [1.165, 1.54) is 25.0 Å². The van der Waals surface area contributed by atoms with Crippen molar-refractivity contribution in [3.05, 3.63) is 10.6 Å². The lowest BCUT2D eigenvalue weighted by molar-refractivity contribution is 0.679. The van der Waals surface area contributed by atoms with E-state index in [-0.39, 0.29) is 0 Å². The Kier molecular flexibility index (Phi) is 23.5. The fourth-order valence-electron chi connectivity index (χ4n) is 1.11. The number of allylic oxidation sites excluding steroid dienone is 2. The molecule has 1 rings (SSSR count). The number of unbranched alkanes of at least 4 members (excludes halogenated alkanes) is 1. The van der Waals surface area contributed by atoms with Crippen LogP contribution in [0.1, 0.15) is 88.5 Å². The van der Waals surface area contributed by atoms with E-state index >= 15 is 0 Å². The van der Waals surface area contributed by atoms with Crippen molar-refractivity contribution in [1.82, 2.24) is 5.32 Å². The largest absolute Gasteiger partial charge is 0.379 e. The van der Waals surface area contributed by atoms with E-state index in [9.17, 15) is 0 Å². The molecule has 0 fully saturated rings. The van der Waals surface area contributed by atoms with Crippen molar-refractivity contribution in [3.63, 3.8) is 0 Å². The Bertz CT molecular complexity index is 205. The smallest absolute Gasteiger partial charge is 0.0651 e. The molecule has 1 nitrogen and oxygen atoms in total. The Morgan fingerprint density at radius 1 is 1.00 bits per heavy atom. The lowest BCUT2D eigenvalue weighted by atomic mass is 10.1. The average Bonchev–Trinajstić information content (AvgIpc) is 2.86. The topological polar surface area (TPSA) is 12.0 Å². The Morgan fingerprint density at radius 2 is 1.40 bits per heavy atom. The summed E-state index contributed by atoms with van der Waals surface area (Å²) in [7, 11) is 0. The molecule has 1 atom stereocenters. The second-order valence-electron chi connectivity index (χ2n) is 5.50. The van der Waals surface area contributed by atoms with Gasteiger partial charge in [-0.15, -0.1) is 11.8 Å². The van der Waals surface area contributed by atoms with Crippen LogP contribution < -0.4 is 5.32 Å². The highest BCUT2D eigenvalue weighted by Gasteiger charge is 2.15. The second-order valence-corrected chi connectivity index (χ2v) is 6.51. The third-order valence-electron chi connectivity index (χ3n) is 2.49. The summed E-state index contributed by atoms with van der Waals surface area (Å²) in [6.07, 6.45) is 3.89. The number of nitrogens with one attached hydrogen (secondary N) is 1. The van der Waals surface area contributed by atoms with Crippen molar-refractivity contribution in [1.29, 1.82) is 0 Å². The molecule has 0 aromatic heterocycles. The van der Waals surface area contributed by atoms with Crippen LogP contribution in [-0.2, 0) is 0 Å². The van der Waals surface area contributed by atoms with E-state index in [0.717, 1.165) is 17.7 Å². The van der Waals surface area contributed by atoms with Crippen LogP contribution in [0.3, 0.4) is 0 Å². The van der Waals surface area contributed by atoms with Crippen molar-refractivity contribution in [2.24, 2.45) is 11.8 Å². The van der Waals surface area contributed by atoms with Gasteiger partial charge in [-0.05, 0) is 25.2 Å². The highest BCUT2D eigenvalue weighted by molar-refractivity contribution is 8.03. The van der Waals surface area contributed by atoms with Gasteiger partial charge in [0.05, 0.1) is 5.88 Å². The third kappa shape index (κ3) is 17.9. The van der Waals surface area contributed by atoms with E-state index < -0.39 is 0 Å². The van der Waals surface area contributed by atoms with Crippen LogP contribution in [0.15, 0.2) is 10.6 Å². The minimum Gasteiger partial charge on any atom is -0.379 e. The number of hydrogen-bond donors (Lipinski definition) is 1. The number of hydrogen-bond acceptors (Lipinski definition) is 2. The van der Waals surface area contributed by atoms with Crippen molar-refractivity contribution < 1.29 is 0 Å². The van der Waals surface area contributed by atoms with E-state index in [2.05, 4.69) is 60.7 Å². The average molecular weight is 304 g/mol. The van der Waals surface area contributed by atoms with Crippen LogP contribution in [0.2, 0.25) is 0 Å². The molecule has 0 aliphatic carbocycles. The van der Waals surface area contributed by atoms with Crippen LogP contribution in [0, 0.1) is 11.8 Å². The molecular formula is C18H41NS. The van der Waals surface area contributed by atoms with Crippen LogP contribution in [0.4, 0.5) is 0 Å². The molecule has 0 radical (unpaired) electrons. The SMILES string of the molecule is CC.CC(C)C.CCC(C)C1=C(C)NCS1.CCCC.